The van der Waals surface area contributed by atoms with Crippen LogP contribution < -0.4 is 10.6 Å². The van der Waals surface area contributed by atoms with Crippen LogP contribution in [-0.2, 0) is 0 Å². The van der Waals surface area contributed by atoms with Crippen molar-refractivity contribution in [1.82, 2.24) is 25.6 Å². The number of amides is 1. The molecule has 4 unspecified atom stereocenters. The summed E-state index contributed by atoms with van der Waals surface area (Å²) in [5.74, 6) is 2.31. The van der Waals surface area contributed by atoms with E-state index in [9.17, 15) is 4.79 Å². The van der Waals surface area contributed by atoms with E-state index in [0.29, 0.717) is 17.7 Å². The molecule has 4 rings (SSSR count). The average molecular weight is 368 g/mol. The van der Waals surface area contributed by atoms with Crippen LogP contribution in [0.25, 0.3) is 0 Å². The minimum absolute atomic E-state index is 0. The maximum Gasteiger partial charge on any atom is 0.273 e. The Labute approximate surface area is 155 Å². The maximum absolute atomic E-state index is 12.7. The molecule has 2 bridgehead atoms. The standard InChI is InChI=1S/C18H29N5O.ClH/c1-11(16-10-13-3-4-14(16)9-13)20-18(24)17-12(2)23(22-21-17)15-5-7-19-8-6-15;/h11,13-16,19H,3-10H2,1-2H3,(H,20,24);1H. The first-order valence-electron chi connectivity index (χ1n) is 9.57. The largest absolute Gasteiger partial charge is 0.348 e. The SMILES string of the molecule is Cc1c(C(=O)NC(C)C2CC3CCC2C3)nnn1C1CCNCC1.Cl. The molecule has 3 aliphatic rings. The van der Waals surface area contributed by atoms with Crippen LogP contribution in [0.3, 0.4) is 0 Å². The second-order valence-electron chi connectivity index (χ2n) is 8.05. The van der Waals surface area contributed by atoms with Crippen LogP contribution in [0.2, 0.25) is 0 Å². The third kappa shape index (κ3) is 3.56. The van der Waals surface area contributed by atoms with Crippen molar-refractivity contribution in [1.29, 1.82) is 0 Å². The molecule has 2 heterocycles. The summed E-state index contributed by atoms with van der Waals surface area (Å²) in [6, 6.07) is 0.597. The molecule has 0 radical (unpaired) electrons. The molecule has 4 atom stereocenters. The Morgan fingerprint density at radius 3 is 2.64 bits per heavy atom. The van der Waals surface area contributed by atoms with Crippen molar-refractivity contribution in [2.45, 2.75) is 64.5 Å². The van der Waals surface area contributed by atoms with E-state index in [4.69, 9.17) is 0 Å². The number of fused-ring (bicyclic) bond motifs is 2. The van der Waals surface area contributed by atoms with Gasteiger partial charge in [-0.25, -0.2) is 4.68 Å². The van der Waals surface area contributed by atoms with Crippen molar-refractivity contribution in [3.8, 4) is 0 Å². The van der Waals surface area contributed by atoms with E-state index in [1.54, 1.807) is 0 Å². The van der Waals surface area contributed by atoms with Crippen molar-refractivity contribution in [3.63, 3.8) is 0 Å². The highest BCUT2D eigenvalue weighted by Gasteiger charge is 2.42. The third-order valence-corrected chi connectivity index (χ3v) is 6.59. The number of hydrogen-bond donors (Lipinski definition) is 2. The molecule has 0 spiro atoms. The molecule has 1 saturated heterocycles. The molecule has 0 aromatic carbocycles. The van der Waals surface area contributed by atoms with Crippen molar-refractivity contribution >= 4 is 18.3 Å². The van der Waals surface area contributed by atoms with Gasteiger partial charge in [0.05, 0.1) is 11.7 Å². The number of halogens is 1. The van der Waals surface area contributed by atoms with Gasteiger partial charge in [-0.15, -0.1) is 17.5 Å². The molecular weight excluding hydrogens is 338 g/mol. The predicted octanol–water partition coefficient (Wildman–Crippen LogP) is 2.49. The minimum Gasteiger partial charge on any atom is -0.348 e. The quantitative estimate of drug-likeness (QED) is 0.857. The van der Waals surface area contributed by atoms with Crippen molar-refractivity contribution in [2.75, 3.05) is 13.1 Å². The molecule has 140 valence electrons. The van der Waals surface area contributed by atoms with Gasteiger partial charge in [0, 0.05) is 6.04 Å². The number of rotatable bonds is 4. The van der Waals surface area contributed by atoms with Gasteiger partial charge in [-0.05, 0) is 76.8 Å². The van der Waals surface area contributed by atoms with Gasteiger partial charge >= 0.3 is 0 Å². The zero-order valence-corrected chi connectivity index (χ0v) is 16.0. The van der Waals surface area contributed by atoms with Gasteiger partial charge in [0.25, 0.3) is 5.91 Å². The predicted molar refractivity (Wildman–Crippen MR) is 99.0 cm³/mol. The van der Waals surface area contributed by atoms with E-state index in [0.717, 1.165) is 43.5 Å². The van der Waals surface area contributed by atoms with Crippen molar-refractivity contribution in [3.05, 3.63) is 11.4 Å². The lowest BCUT2D eigenvalue weighted by atomic mass is 9.84. The van der Waals surface area contributed by atoms with Gasteiger partial charge in [0.2, 0.25) is 0 Å². The fraction of sp³-hybridized carbons (Fsp3) is 0.833. The first-order chi connectivity index (χ1) is 11.6. The molecule has 2 aliphatic carbocycles. The van der Waals surface area contributed by atoms with Crippen molar-refractivity contribution in [2.24, 2.45) is 17.8 Å². The molecule has 1 aromatic heterocycles. The van der Waals surface area contributed by atoms with E-state index >= 15 is 0 Å². The Morgan fingerprint density at radius 2 is 2.00 bits per heavy atom. The number of hydrogen-bond acceptors (Lipinski definition) is 4. The summed E-state index contributed by atoms with van der Waals surface area (Å²) in [5.41, 5.74) is 1.41. The fourth-order valence-corrected chi connectivity index (χ4v) is 5.24. The van der Waals surface area contributed by atoms with E-state index in [1.165, 1.54) is 25.7 Å². The van der Waals surface area contributed by atoms with Gasteiger partial charge < -0.3 is 10.6 Å². The summed E-state index contributed by atoms with van der Waals surface area (Å²) in [5, 5.41) is 15.1. The Hall–Kier alpha value is -1.14. The van der Waals surface area contributed by atoms with Crippen LogP contribution in [-0.4, -0.2) is 40.0 Å². The lowest BCUT2D eigenvalue weighted by molar-refractivity contribution is 0.0909. The Morgan fingerprint density at radius 1 is 1.24 bits per heavy atom. The number of piperidine rings is 1. The third-order valence-electron chi connectivity index (χ3n) is 6.59. The summed E-state index contributed by atoms with van der Waals surface area (Å²) >= 11 is 0. The van der Waals surface area contributed by atoms with Crippen LogP contribution in [0.5, 0.6) is 0 Å². The van der Waals surface area contributed by atoms with Gasteiger partial charge in [-0.1, -0.05) is 11.6 Å². The summed E-state index contributed by atoms with van der Waals surface area (Å²) in [6.45, 7) is 6.15. The lowest BCUT2D eigenvalue weighted by Gasteiger charge is -2.28. The summed E-state index contributed by atoms with van der Waals surface area (Å²) in [7, 11) is 0. The number of aromatic nitrogens is 3. The van der Waals surface area contributed by atoms with E-state index < -0.39 is 0 Å². The topological polar surface area (TPSA) is 71.8 Å². The zero-order valence-electron chi connectivity index (χ0n) is 15.2. The van der Waals surface area contributed by atoms with Crippen LogP contribution in [0.1, 0.15) is 67.7 Å². The van der Waals surface area contributed by atoms with Crippen molar-refractivity contribution < 1.29 is 4.79 Å². The molecule has 2 N–H and O–H groups in total. The van der Waals surface area contributed by atoms with E-state index in [1.807, 2.05) is 11.6 Å². The Kier molecular flexibility index (Phi) is 5.68. The molecule has 7 heteroatoms. The zero-order chi connectivity index (χ0) is 16.7. The van der Waals surface area contributed by atoms with E-state index in [2.05, 4.69) is 27.9 Å². The van der Waals surface area contributed by atoms with Crippen LogP contribution in [0.4, 0.5) is 0 Å². The second kappa shape index (κ2) is 7.62. The highest BCUT2D eigenvalue weighted by atomic mass is 35.5. The first kappa shape index (κ1) is 18.6. The smallest absolute Gasteiger partial charge is 0.273 e. The summed E-state index contributed by atoms with van der Waals surface area (Å²) in [6.07, 6.45) is 7.49. The highest BCUT2D eigenvalue weighted by Crippen LogP contribution is 2.49. The van der Waals surface area contributed by atoms with Gasteiger partial charge in [-0.3, -0.25) is 4.79 Å². The fourth-order valence-electron chi connectivity index (χ4n) is 5.24. The number of nitrogens with one attached hydrogen (secondary N) is 2. The molecule has 1 aromatic rings. The number of carbonyl (C=O) groups excluding carboxylic acids is 1. The average Bonchev–Trinajstić information content (AvgIpc) is 3.30. The van der Waals surface area contributed by atoms with Crippen LogP contribution in [0, 0.1) is 24.7 Å². The number of nitrogens with zero attached hydrogens (tertiary/aromatic N) is 3. The van der Waals surface area contributed by atoms with Gasteiger partial charge in [-0.2, -0.15) is 0 Å². The van der Waals surface area contributed by atoms with Crippen LogP contribution in [0.15, 0.2) is 0 Å². The highest BCUT2D eigenvalue weighted by molar-refractivity contribution is 5.93. The van der Waals surface area contributed by atoms with E-state index in [-0.39, 0.29) is 24.4 Å². The van der Waals surface area contributed by atoms with Gasteiger partial charge in [0.1, 0.15) is 0 Å². The van der Waals surface area contributed by atoms with Crippen LogP contribution >= 0.6 is 12.4 Å². The van der Waals surface area contributed by atoms with Gasteiger partial charge in [0.15, 0.2) is 5.69 Å². The molecular formula is C18H30ClN5O. The monoisotopic (exact) mass is 367 g/mol. The molecule has 1 aliphatic heterocycles. The second-order valence-corrected chi connectivity index (χ2v) is 8.05. The lowest BCUT2D eigenvalue weighted by Crippen LogP contribution is -2.40. The normalized spacial score (nSPS) is 30.1. The summed E-state index contributed by atoms with van der Waals surface area (Å²) < 4.78 is 1.96. The summed E-state index contributed by atoms with van der Waals surface area (Å²) in [4.78, 5) is 12.7. The Balaban J connectivity index is 0.00000182. The molecule has 1 amide bonds. The number of carbonyl (C=O) groups is 1. The maximum atomic E-state index is 12.7. The molecule has 3 fully saturated rings. The molecule has 6 nitrogen and oxygen atoms in total. The minimum atomic E-state index is -0.0528. The molecule has 25 heavy (non-hydrogen) atoms. The Bertz CT molecular complexity index is 613. The molecule has 2 saturated carbocycles. The first-order valence-corrected chi connectivity index (χ1v) is 9.57.